The molecule has 0 bridgehead atoms. The van der Waals surface area contributed by atoms with Crippen molar-refractivity contribution < 1.29 is 4.79 Å². The number of aryl methyl sites for hydroxylation is 1. The van der Waals surface area contributed by atoms with Crippen molar-refractivity contribution in [2.45, 2.75) is 6.92 Å². The van der Waals surface area contributed by atoms with Crippen LogP contribution in [0.25, 0.3) is 15.9 Å². The second-order valence-corrected chi connectivity index (χ2v) is 8.36. The van der Waals surface area contributed by atoms with Crippen molar-refractivity contribution in [3.05, 3.63) is 68.0 Å². The topological polar surface area (TPSA) is 71.6 Å². The van der Waals surface area contributed by atoms with Gasteiger partial charge in [0, 0.05) is 0 Å². The average molecular weight is 399 g/mol. The van der Waals surface area contributed by atoms with E-state index in [4.69, 9.17) is 5.41 Å². The number of benzene rings is 2. The Bertz CT molecular complexity index is 1070. The Balaban J connectivity index is 1.74. The van der Waals surface area contributed by atoms with Crippen molar-refractivity contribution in [3.8, 4) is 5.69 Å². The number of hydrogen-bond acceptors (Lipinski definition) is 5. The first-order valence-electron chi connectivity index (χ1n) is 7.24. The number of nitrogens with one attached hydrogen (secondary N) is 1. The molecule has 4 rings (SSSR count). The van der Waals surface area contributed by atoms with Gasteiger partial charge in [-0.15, -0.1) is 0 Å². The molecule has 118 valence electrons. The van der Waals surface area contributed by atoms with E-state index in [2.05, 4.69) is 10.1 Å². The fraction of sp³-hybridized carbons (Fsp3) is 0.0588. The molecule has 2 aromatic carbocycles. The zero-order chi connectivity index (χ0) is 16.7. The van der Waals surface area contributed by atoms with Gasteiger partial charge in [-0.2, -0.15) is 0 Å². The van der Waals surface area contributed by atoms with Crippen LogP contribution in [0.3, 0.4) is 0 Å². The third-order valence-electron chi connectivity index (χ3n) is 3.54. The summed E-state index contributed by atoms with van der Waals surface area (Å²) in [4.78, 5) is 17.1. The molecule has 0 saturated heterocycles. The first kappa shape index (κ1) is 15.2. The molecule has 2 aromatic heterocycles. The molecule has 0 unspecified atom stereocenters. The summed E-state index contributed by atoms with van der Waals surface area (Å²) in [6, 6.07) is 15.4. The third kappa shape index (κ3) is 2.67. The Morgan fingerprint density at radius 3 is 2.67 bits per heavy atom. The van der Waals surface area contributed by atoms with Gasteiger partial charge in [0.2, 0.25) is 0 Å². The number of fused-ring (bicyclic) bond motifs is 1. The summed E-state index contributed by atoms with van der Waals surface area (Å²) in [5.41, 5.74) is 2.77. The van der Waals surface area contributed by atoms with Gasteiger partial charge in [-0.1, -0.05) is 0 Å². The Morgan fingerprint density at radius 1 is 1.17 bits per heavy atom. The monoisotopic (exact) mass is 400 g/mol. The molecular weight excluding hydrogens is 387 g/mol. The summed E-state index contributed by atoms with van der Waals surface area (Å²) >= 11 is 0.969. The number of carbonyl (C=O) groups excluding carboxylic acids is 1. The van der Waals surface area contributed by atoms with Crippen molar-refractivity contribution in [2.24, 2.45) is 0 Å². The van der Waals surface area contributed by atoms with E-state index in [-0.39, 0.29) is 5.78 Å². The molecule has 0 aliphatic carbocycles. The van der Waals surface area contributed by atoms with E-state index in [9.17, 15) is 4.79 Å². The van der Waals surface area contributed by atoms with Gasteiger partial charge in [-0.3, -0.25) is 0 Å². The number of nitrogens with zero attached hydrogens (tertiary/aromatic N) is 3. The maximum atomic E-state index is 12.7. The molecule has 5 nitrogen and oxygen atoms in total. The molecule has 0 saturated carbocycles. The van der Waals surface area contributed by atoms with Gasteiger partial charge >= 0.3 is 147 Å². The van der Waals surface area contributed by atoms with Crippen LogP contribution in [0.1, 0.15) is 19.9 Å². The second-order valence-electron chi connectivity index (χ2n) is 5.28. The fourth-order valence-electron chi connectivity index (χ4n) is 2.30. The zero-order valence-electron chi connectivity index (χ0n) is 12.7. The van der Waals surface area contributed by atoms with Crippen LogP contribution < -0.4 is 4.36 Å². The van der Waals surface area contributed by atoms with Crippen LogP contribution in [0.5, 0.6) is 0 Å². The first-order valence-corrected chi connectivity index (χ1v) is 9.77. The van der Waals surface area contributed by atoms with Crippen molar-refractivity contribution in [1.82, 2.24) is 14.8 Å². The van der Waals surface area contributed by atoms with Crippen molar-refractivity contribution >= 4 is 41.8 Å². The Kier molecular flexibility index (Phi) is 3.76. The normalized spacial score (nSPS) is 11.0. The molecule has 0 fully saturated rings. The molecule has 4 aromatic rings. The van der Waals surface area contributed by atoms with Crippen LogP contribution in [0.4, 0.5) is 0 Å². The predicted octanol–water partition coefficient (Wildman–Crippen LogP) is 2.56. The van der Waals surface area contributed by atoms with Gasteiger partial charge in [0.1, 0.15) is 0 Å². The number of para-hydroxylation sites is 1. The van der Waals surface area contributed by atoms with Crippen LogP contribution in [0.2, 0.25) is 0 Å². The van der Waals surface area contributed by atoms with E-state index < -0.39 is 14.5 Å². The molecule has 0 radical (unpaired) electrons. The van der Waals surface area contributed by atoms with Gasteiger partial charge in [0.25, 0.3) is 0 Å². The van der Waals surface area contributed by atoms with Gasteiger partial charge < -0.3 is 0 Å². The number of ketones is 1. The van der Waals surface area contributed by atoms with Crippen LogP contribution >= 0.6 is 11.3 Å². The van der Waals surface area contributed by atoms with E-state index in [0.29, 0.717) is 13.9 Å². The number of carbonyl (C=O) groups is 1. The van der Waals surface area contributed by atoms with Crippen molar-refractivity contribution in [1.29, 1.82) is 5.41 Å². The number of rotatable bonds is 3. The average Bonchev–Trinajstić information content (AvgIpc) is 3.18. The summed E-state index contributed by atoms with van der Waals surface area (Å²) in [7, 11) is 0. The molecule has 0 aliphatic heterocycles. The fourth-order valence-corrected chi connectivity index (χ4v) is 4.88. The van der Waals surface area contributed by atoms with Crippen LogP contribution in [-0.2, 0) is 0 Å². The number of thiazole rings is 1. The molecular formula is C17H12N4OSSe. The Labute approximate surface area is 147 Å². The van der Waals surface area contributed by atoms with Crippen LogP contribution in [0.15, 0.2) is 48.5 Å². The molecule has 7 heteroatoms. The van der Waals surface area contributed by atoms with E-state index in [0.717, 1.165) is 21.5 Å². The summed E-state index contributed by atoms with van der Waals surface area (Å²) in [5, 5.41) is 13.0. The van der Waals surface area contributed by atoms with Crippen molar-refractivity contribution in [2.75, 3.05) is 0 Å². The number of aromatic nitrogens is 3. The first-order chi connectivity index (χ1) is 11.6. The molecule has 0 spiro atoms. The van der Waals surface area contributed by atoms with E-state index in [1.54, 1.807) is 4.68 Å². The molecule has 0 atom stereocenters. The zero-order valence-corrected chi connectivity index (χ0v) is 15.2. The third-order valence-corrected chi connectivity index (χ3v) is 6.31. The minimum absolute atomic E-state index is 0.171. The van der Waals surface area contributed by atoms with Gasteiger partial charge in [-0.25, -0.2) is 0 Å². The summed E-state index contributed by atoms with van der Waals surface area (Å²) < 4.78 is 3.31. The van der Waals surface area contributed by atoms with Crippen LogP contribution in [-0.4, -0.2) is 35.1 Å². The molecule has 2 heterocycles. The molecule has 0 amide bonds. The minimum atomic E-state index is -0.403. The van der Waals surface area contributed by atoms with Gasteiger partial charge in [0.15, 0.2) is 0 Å². The van der Waals surface area contributed by atoms with Crippen LogP contribution in [0, 0.1) is 12.3 Å². The maximum absolute atomic E-state index is 12.7. The van der Waals surface area contributed by atoms with Gasteiger partial charge in [0.05, 0.1) is 0 Å². The molecule has 24 heavy (non-hydrogen) atoms. The standard InChI is InChI=1S/C17H12N4OSSe/c1-10-6-8-11(9-7-10)21-17(18)24-16(20-21)14(22)15-19-12-4-2-3-5-13(12)23-15/h2-9,18H,1H3. The molecule has 1 N–H and O–H groups in total. The Hall–Kier alpha value is -2.34. The second kappa shape index (κ2) is 5.94. The SMILES string of the molecule is Cc1ccc(-n2nc(C(=O)c3nc4ccccc4s3)[se]c2=N)cc1. The van der Waals surface area contributed by atoms with Gasteiger partial charge in [-0.05, 0) is 0 Å². The summed E-state index contributed by atoms with van der Waals surface area (Å²) in [5.74, 6) is -0.171. The summed E-state index contributed by atoms with van der Waals surface area (Å²) in [6.45, 7) is 2.01. The predicted molar refractivity (Wildman–Crippen MR) is 94.1 cm³/mol. The Morgan fingerprint density at radius 2 is 1.92 bits per heavy atom. The summed E-state index contributed by atoms with van der Waals surface area (Å²) in [6.07, 6.45) is 0. The quantitative estimate of drug-likeness (QED) is 0.425. The van der Waals surface area contributed by atoms with Crippen molar-refractivity contribution in [3.63, 3.8) is 0 Å². The van der Waals surface area contributed by atoms with E-state index in [1.165, 1.54) is 11.3 Å². The number of hydrogen-bond donors (Lipinski definition) is 1. The molecule has 0 aliphatic rings. The van der Waals surface area contributed by atoms with E-state index >= 15 is 0 Å². The van der Waals surface area contributed by atoms with E-state index in [1.807, 2.05) is 55.5 Å².